The summed E-state index contributed by atoms with van der Waals surface area (Å²) in [4.78, 5) is 23.3. The van der Waals surface area contributed by atoms with Crippen molar-refractivity contribution >= 4 is 23.5 Å². The number of amides is 3. The Morgan fingerprint density at radius 1 is 1.13 bits per heavy atom. The highest BCUT2D eigenvalue weighted by molar-refractivity contribution is 5.91. The van der Waals surface area contributed by atoms with Gasteiger partial charge >= 0.3 is 12.1 Å². The second kappa shape index (κ2) is 10.4. The molecule has 0 saturated heterocycles. The van der Waals surface area contributed by atoms with Gasteiger partial charge in [-0.15, -0.1) is 0 Å². The predicted molar refractivity (Wildman–Crippen MR) is 89.8 cm³/mol. The Morgan fingerprint density at radius 3 is 2.48 bits per heavy atom. The van der Waals surface area contributed by atoms with Gasteiger partial charge in [0.25, 0.3) is 0 Å². The van der Waals surface area contributed by atoms with Gasteiger partial charge in [0.15, 0.2) is 0 Å². The Morgan fingerprint density at radius 2 is 1.83 bits per heavy atom. The second-order valence-corrected chi connectivity index (χ2v) is 5.40. The van der Waals surface area contributed by atoms with E-state index in [1.807, 2.05) is 0 Å². The van der Waals surface area contributed by atoms with E-state index in [2.05, 4.69) is 29.8 Å². The third kappa shape index (κ3) is 8.67. The van der Waals surface area contributed by atoms with Crippen LogP contribution in [0.2, 0.25) is 0 Å². The van der Waals surface area contributed by atoms with E-state index in [1.54, 1.807) is 24.3 Å². The van der Waals surface area contributed by atoms with Crippen LogP contribution in [0.3, 0.4) is 0 Å². The highest BCUT2D eigenvalue weighted by Gasteiger charge is 2.06. The van der Waals surface area contributed by atoms with Gasteiger partial charge in [-0.2, -0.15) is 0 Å². The number of urea groups is 1. The van der Waals surface area contributed by atoms with Gasteiger partial charge in [-0.05, 0) is 30.5 Å². The number of nitrogens with one attached hydrogen (secondary N) is 3. The number of hydrogen-bond donors (Lipinski definition) is 3. The van der Waals surface area contributed by atoms with Gasteiger partial charge < -0.3 is 20.1 Å². The first-order valence-electron chi connectivity index (χ1n) is 7.59. The lowest BCUT2D eigenvalue weighted by Crippen LogP contribution is -2.30. The van der Waals surface area contributed by atoms with Gasteiger partial charge in [-0.3, -0.25) is 5.32 Å². The Labute approximate surface area is 136 Å². The molecule has 7 heteroatoms. The zero-order valence-corrected chi connectivity index (χ0v) is 13.8. The molecule has 1 aromatic carbocycles. The fourth-order valence-electron chi connectivity index (χ4n) is 1.70. The number of benzene rings is 1. The minimum Gasteiger partial charge on any atom is -0.447 e. The smallest absolute Gasteiger partial charge is 0.411 e. The SMILES string of the molecule is COCCOC(=O)Nc1cccc(NC(=O)NCCC(C)C)c1. The largest absolute Gasteiger partial charge is 0.447 e. The summed E-state index contributed by atoms with van der Waals surface area (Å²) in [6, 6.07) is 6.56. The van der Waals surface area contributed by atoms with E-state index in [-0.39, 0.29) is 12.6 Å². The van der Waals surface area contributed by atoms with Gasteiger partial charge in [0.1, 0.15) is 6.61 Å². The van der Waals surface area contributed by atoms with Crippen LogP contribution in [0.1, 0.15) is 20.3 Å². The van der Waals surface area contributed by atoms with Gasteiger partial charge in [0.05, 0.1) is 6.61 Å². The van der Waals surface area contributed by atoms with Crippen LogP contribution in [0, 0.1) is 5.92 Å². The third-order valence-electron chi connectivity index (χ3n) is 2.89. The lowest BCUT2D eigenvalue weighted by atomic mass is 10.1. The Balaban J connectivity index is 2.43. The first kappa shape index (κ1) is 18.8. The maximum Gasteiger partial charge on any atom is 0.411 e. The quantitative estimate of drug-likeness (QED) is 0.642. The highest BCUT2D eigenvalue weighted by atomic mass is 16.6. The van der Waals surface area contributed by atoms with Crippen molar-refractivity contribution in [2.24, 2.45) is 5.92 Å². The lowest BCUT2D eigenvalue weighted by molar-refractivity contribution is 0.107. The van der Waals surface area contributed by atoms with Crippen molar-refractivity contribution in [1.82, 2.24) is 5.32 Å². The van der Waals surface area contributed by atoms with Gasteiger partial charge in [-0.25, -0.2) is 9.59 Å². The summed E-state index contributed by atoms with van der Waals surface area (Å²) in [6.45, 7) is 5.33. The number of rotatable bonds is 8. The van der Waals surface area contributed by atoms with Crippen molar-refractivity contribution in [2.45, 2.75) is 20.3 Å². The molecule has 0 saturated carbocycles. The van der Waals surface area contributed by atoms with Crippen LogP contribution in [-0.2, 0) is 9.47 Å². The predicted octanol–water partition coefficient (Wildman–Crippen LogP) is 3.05. The van der Waals surface area contributed by atoms with Crippen molar-refractivity contribution in [3.8, 4) is 0 Å². The molecule has 0 atom stereocenters. The second-order valence-electron chi connectivity index (χ2n) is 5.40. The molecule has 3 N–H and O–H groups in total. The molecule has 1 rings (SSSR count). The molecule has 0 fully saturated rings. The molecular weight excluding hydrogens is 298 g/mol. The van der Waals surface area contributed by atoms with Crippen LogP contribution in [0.15, 0.2) is 24.3 Å². The molecule has 0 spiro atoms. The van der Waals surface area contributed by atoms with E-state index < -0.39 is 6.09 Å². The first-order valence-corrected chi connectivity index (χ1v) is 7.59. The summed E-state index contributed by atoms with van der Waals surface area (Å²) < 4.78 is 9.70. The molecule has 0 radical (unpaired) electrons. The molecule has 23 heavy (non-hydrogen) atoms. The maximum atomic E-state index is 11.8. The van der Waals surface area contributed by atoms with Crippen LogP contribution in [-0.4, -0.2) is 39.0 Å². The van der Waals surface area contributed by atoms with E-state index >= 15 is 0 Å². The molecule has 7 nitrogen and oxygen atoms in total. The summed E-state index contributed by atoms with van der Waals surface area (Å²) in [5, 5.41) is 8.08. The van der Waals surface area contributed by atoms with Gasteiger partial charge in [0.2, 0.25) is 0 Å². The molecule has 1 aromatic rings. The average Bonchev–Trinajstić information content (AvgIpc) is 2.47. The van der Waals surface area contributed by atoms with Crippen LogP contribution >= 0.6 is 0 Å². The molecule has 0 heterocycles. The molecule has 3 amide bonds. The topological polar surface area (TPSA) is 88.7 Å². The van der Waals surface area contributed by atoms with Gasteiger partial charge in [-0.1, -0.05) is 19.9 Å². The molecule has 0 unspecified atom stereocenters. The normalized spacial score (nSPS) is 10.3. The first-order chi connectivity index (χ1) is 11.0. The summed E-state index contributed by atoms with van der Waals surface area (Å²) in [7, 11) is 1.53. The Kier molecular flexibility index (Phi) is 8.52. The monoisotopic (exact) mass is 323 g/mol. The number of carbonyl (C=O) groups excluding carboxylic acids is 2. The molecule has 128 valence electrons. The van der Waals surface area contributed by atoms with E-state index in [1.165, 1.54) is 7.11 Å². The Bertz CT molecular complexity index is 506. The third-order valence-corrected chi connectivity index (χ3v) is 2.89. The number of ether oxygens (including phenoxy) is 2. The Hall–Kier alpha value is -2.28. The molecule has 0 aliphatic heterocycles. The molecule has 0 aromatic heterocycles. The highest BCUT2D eigenvalue weighted by Crippen LogP contribution is 2.15. The van der Waals surface area contributed by atoms with E-state index in [9.17, 15) is 9.59 Å². The zero-order valence-electron chi connectivity index (χ0n) is 13.8. The molecule has 0 aliphatic rings. The van der Waals surface area contributed by atoms with E-state index in [0.717, 1.165) is 6.42 Å². The molecular formula is C16H25N3O4. The molecule has 0 aliphatic carbocycles. The number of hydrogen-bond acceptors (Lipinski definition) is 4. The van der Waals surface area contributed by atoms with Crippen LogP contribution < -0.4 is 16.0 Å². The van der Waals surface area contributed by atoms with E-state index in [0.29, 0.717) is 30.4 Å². The van der Waals surface area contributed by atoms with E-state index in [4.69, 9.17) is 9.47 Å². The van der Waals surface area contributed by atoms with Gasteiger partial charge in [0, 0.05) is 25.0 Å². The summed E-state index contributed by atoms with van der Waals surface area (Å²) in [5.74, 6) is 0.534. The number of methoxy groups -OCH3 is 1. The van der Waals surface area contributed by atoms with Crippen molar-refractivity contribution < 1.29 is 19.1 Å². The number of anilines is 2. The summed E-state index contributed by atoms with van der Waals surface area (Å²) in [5.41, 5.74) is 1.12. The minimum atomic E-state index is -0.569. The number of carbonyl (C=O) groups is 2. The fraction of sp³-hybridized carbons (Fsp3) is 0.500. The lowest BCUT2D eigenvalue weighted by Gasteiger charge is -2.11. The van der Waals surface area contributed by atoms with Crippen molar-refractivity contribution in [3.05, 3.63) is 24.3 Å². The standard InChI is InChI=1S/C16H25N3O4/c1-12(2)7-8-17-15(20)18-13-5-4-6-14(11-13)19-16(21)23-10-9-22-3/h4-6,11-12H,7-10H2,1-3H3,(H,19,21)(H2,17,18,20). The van der Waals surface area contributed by atoms with Crippen molar-refractivity contribution in [1.29, 1.82) is 0 Å². The minimum absolute atomic E-state index is 0.179. The molecule has 0 bridgehead atoms. The zero-order chi connectivity index (χ0) is 17.1. The fourth-order valence-corrected chi connectivity index (χ4v) is 1.70. The van der Waals surface area contributed by atoms with Crippen LogP contribution in [0.5, 0.6) is 0 Å². The van der Waals surface area contributed by atoms with Crippen LogP contribution in [0.4, 0.5) is 21.0 Å². The maximum absolute atomic E-state index is 11.8. The van der Waals surface area contributed by atoms with Crippen molar-refractivity contribution in [3.63, 3.8) is 0 Å². The summed E-state index contributed by atoms with van der Waals surface area (Å²) in [6.07, 6.45) is 0.350. The average molecular weight is 323 g/mol. The van der Waals surface area contributed by atoms with Crippen molar-refractivity contribution in [2.75, 3.05) is 37.5 Å². The summed E-state index contributed by atoms with van der Waals surface area (Å²) >= 11 is 0. The van der Waals surface area contributed by atoms with Crippen LogP contribution in [0.25, 0.3) is 0 Å².